The first kappa shape index (κ1) is 65.1. The van der Waals surface area contributed by atoms with Crippen LogP contribution in [0.4, 0.5) is 0 Å². The minimum Gasteiger partial charge on any atom is -0.462 e. The standard InChI is InChI=1S/C63H104O6/c1-4-7-10-13-16-19-22-24-26-28-30-31-33-34-36-38-41-44-47-50-53-56-62(65)68-59-60(58-67-61(64)55-52-49-46-43-40-21-18-15-12-9-6-3)69-63(66)57-54-51-48-45-42-39-37-35-32-29-27-25-23-20-17-14-11-8-5-2/h8,11,15,17-18,20,22,24-25,27-28,30,32-35,39,42,60H,4-7,9-10,12-14,16,19,21,23,26,29,31,36-38,40-41,43-59H2,1-3H3/b11-8-,18-15-,20-17-,24-22-,27-25-,30-28-,34-33-,35-32-,42-39-. The molecular weight excluding hydrogens is 853 g/mol. The molecule has 0 aliphatic rings. The average molecular weight is 958 g/mol. The Labute approximate surface area is 425 Å². The van der Waals surface area contributed by atoms with E-state index in [1.165, 1.54) is 77.0 Å². The van der Waals surface area contributed by atoms with Gasteiger partial charge >= 0.3 is 17.9 Å². The predicted octanol–water partition coefficient (Wildman–Crippen LogP) is 19.1. The van der Waals surface area contributed by atoms with Crippen LogP contribution in [-0.4, -0.2) is 37.2 Å². The van der Waals surface area contributed by atoms with Crippen molar-refractivity contribution in [2.45, 2.75) is 258 Å². The molecule has 0 saturated heterocycles. The van der Waals surface area contributed by atoms with Gasteiger partial charge in [-0.25, -0.2) is 0 Å². The van der Waals surface area contributed by atoms with Crippen molar-refractivity contribution in [3.8, 4) is 0 Å². The number of ether oxygens (including phenoxy) is 3. The molecule has 0 aromatic carbocycles. The van der Waals surface area contributed by atoms with Gasteiger partial charge in [-0.2, -0.15) is 0 Å². The highest BCUT2D eigenvalue weighted by atomic mass is 16.6. The molecule has 392 valence electrons. The lowest BCUT2D eigenvalue weighted by Crippen LogP contribution is -2.30. The van der Waals surface area contributed by atoms with Gasteiger partial charge in [0, 0.05) is 19.3 Å². The molecule has 0 radical (unpaired) electrons. The molecule has 0 aliphatic carbocycles. The van der Waals surface area contributed by atoms with Crippen molar-refractivity contribution in [2.75, 3.05) is 13.2 Å². The molecule has 0 aromatic rings. The molecule has 1 atom stereocenters. The van der Waals surface area contributed by atoms with Crippen LogP contribution in [0.2, 0.25) is 0 Å². The van der Waals surface area contributed by atoms with E-state index in [9.17, 15) is 14.4 Å². The third-order valence-electron chi connectivity index (χ3n) is 11.7. The minimum absolute atomic E-state index is 0.102. The third-order valence-corrected chi connectivity index (χ3v) is 11.7. The first-order chi connectivity index (χ1) is 34.0. The first-order valence-electron chi connectivity index (χ1n) is 28.4. The zero-order valence-corrected chi connectivity index (χ0v) is 44.8. The second-order valence-electron chi connectivity index (χ2n) is 18.5. The van der Waals surface area contributed by atoms with Gasteiger partial charge in [-0.1, -0.05) is 220 Å². The van der Waals surface area contributed by atoms with Crippen LogP contribution in [0, 0.1) is 0 Å². The second-order valence-corrected chi connectivity index (χ2v) is 18.5. The van der Waals surface area contributed by atoms with E-state index < -0.39 is 6.10 Å². The van der Waals surface area contributed by atoms with E-state index >= 15 is 0 Å². The number of rotatable bonds is 50. The Kier molecular flexibility index (Phi) is 53.4. The molecule has 69 heavy (non-hydrogen) atoms. The van der Waals surface area contributed by atoms with Gasteiger partial charge in [0.05, 0.1) is 0 Å². The number of carbonyl (C=O) groups is 3. The molecule has 0 saturated carbocycles. The van der Waals surface area contributed by atoms with Crippen LogP contribution < -0.4 is 0 Å². The zero-order chi connectivity index (χ0) is 50.0. The lowest BCUT2D eigenvalue weighted by molar-refractivity contribution is -0.167. The Balaban J connectivity index is 4.44. The summed E-state index contributed by atoms with van der Waals surface area (Å²) in [4.78, 5) is 38.1. The Hall–Kier alpha value is -3.93. The summed E-state index contributed by atoms with van der Waals surface area (Å²) in [6.07, 6.45) is 76.5. The number of hydrogen-bond acceptors (Lipinski definition) is 6. The summed E-state index contributed by atoms with van der Waals surface area (Å²) in [6, 6.07) is 0. The van der Waals surface area contributed by atoms with Crippen molar-refractivity contribution in [1.29, 1.82) is 0 Å². The van der Waals surface area contributed by atoms with Gasteiger partial charge in [0.2, 0.25) is 0 Å². The lowest BCUT2D eigenvalue weighted by atomic mass is 10.1. The topological polar surface area (TPSA) is 78.9 Å². The van der Waals surface area contributed by atoms with E-state index in [1.54, 1.807) is 0 Å². The van der Waals surface area contributed by atoms with E-state index in [0.29, 0.717) is 12.8 Å². The summed E-state index contributed by atoms with van der Waals surface area (Å²) in [5, 5.41) is 0. The van der Waals surface area contributed by atoms with Crippen LogP contribution in [0.15, 0.2) is 109 Å². The highest BCUT2D eigenvalue weighted by Gasteiger charge is 2.19. The fraction of sp³-hybridized carbons (Fsp3) is 0.667. The highest BCUT2D eigenvalue weighted by molar-refractivity contribution is 5.71. The maximum atomic E-state index is 12.8. The van der Waals surface area contributed by atoms with Gasteiger partial charge < -0.3 is 14.2 Å². The summed E-state index contributed by atoms with van der Waals surface area (Å²) in [5.41, 5.74) is 0. The third kappa shape index (κ3) is 54.9. The molecule has 0 heterocycles. The van der Waals surface area contributed by atoms with Crippen LogP contribution >= 0.6 is 0 Å². The molecule has 6 nitrogen and oxygen atoms in total. The van der Waals surface area contributed by atoms with Crippen molar-refractivity contribution in [3.05, 3.63) is 109 Å². The van der Waals surface area contributed by atoms with Gasteiger partial charge in [0.1, 0.15) is 13.2 Å². The molecule has 0 bridgehead atoms. The Morgan fingerprint density at radius 2 is 0.580 bits per heavy atom. The molecule has 1 unspecified atom stereocenters. The Morgan fingerprint density at radius 1 is 0.304 bits per heavy atom. The molecule has 0 fully saturated rings. The number of carbonyl (C=O) groups excluding carboxylic acids is 3. The highest BCUT2D eigenvalue weighted by Crippen LogP contribution is 2.13. The Bertz CT molecular complexity index is 1420. The normalized spacial score (nSPS) is 12.9. The largest absolute Gasteiger partial charge is 0.462 e. The minimum atomic E-state index is -0.806. The number of hydrogen-bond donors (Lipinski definition) is 0. The van der Waals surface area contributed by atoms with Crippen molar-refractivity contribution >= 4 is 17.9 Å². The SMILES string of the molecule is CC/C=C\C/C=C\C/C=C\C/C=C\C/C=C\CCCCCC(=O)OC(COC(=O)CCCCCCC/C=C\CCCC)COC(=O)CCCCCCCC/C=C\C/C=C\C/C=C\CCCCCCC. The van der Waals surface area contributed by atoms with Gasteiger partial charge in [0.15, 0.2) is 6.10 Å². The fourth-order valence-corrected chi connectivity index (χ4v) is 7.46. The fourth-order valence-electron chi connectivity index (χ4n) is 7.46. The summed E-state index contributed by atoms with van der Waals surface area (Å²) in [6.45, 7) is 6.43. The van der Waals surface area contributed by atoms with E-state index in [-0.39, 0.29) is 37.5 Å². The summed E-state index contributed by atoms with van der Waals surface area (Å²) < 4.78 is 16.8. The molecule has 0 amide bonds. The van der Waals surface area contributed by atoms with Crippen molar-refractivity contribution < 1.29 is 28.6 Å². The molecule has 0 rings (SSSR count). The number of unbranched alkanes of at least 4 members (excludes halogenated alkanes) is 21. The number of allylic oxidation sites excluding steroid dienone is 18. The number of esters is 3. The quantitative estimate of drug-likeness (QED) is 0.0262. The maximum Gasteiger partial charge on any atom is 0.306 e. The molecule has 6 heteroatoms. The van der Waals surface area contributed by atoms with E-state index in [0.717, 1.165) is 135 Å². The predicted molar refractivity (Wildman–Crippen MR) is 297 cm³/mol. The zero-order valence-electron chi connectivity index (χ0n) is 44.8. The van der Waals surface area contributed by atoms with E-state index in [2.05, 4.69) is 130 Å². The monoisotopic (exact) mass is 957 g/mol. The van der Waals surface area contributed by atoms with Crippen LogP contribution in [0.25, 0.3) is 0 Å². The molecule has 0 N–H and O–H groups in total. The second kappa shape index (κ2) is 56.7. The van der Waals surface area contributed by atoms with Crippen molar-refractivity contribution in [1.82, 2.24) is 0 Å². The summed E-state index contributed by atoms with van der Waals surface area (Å²) >= 11 is 0. The first-order valence-corrected chi connectivity index (χ1v) is 28.4. The molecule has 0 aromatic heterocycles. The molecular formula is C63H104O6. The maximum absolute atomic E-state index is 12.8. The average Bonchev–Trinajstić information content (AvgIpc) is 3.35. The molecule has 0 aliphatic heterocycles. The van der Waals surface area contributed by atoms with Crippen molar-refractivity contribution in [3.63, 3.8) is 0 Å². The van der Waals surface area contributed by atoms with E-state index in [1.807, 2.05) is 0 Å². The smallest absolute Gasteiger partial charge is 0.306 e. The van der Waals surface area contributed by atoms with Gasteiger partial charge in [-0.05, 0) is 122 Å². The van der Waals surface area contributed by atoms with Gasteiger partial charge in [-0.15, -0.1) is 0 Å². The molecule has 0 spiro atoms. The summed E-state index contributed by atoms with van der Waals surface area (Å²) in [7, 11) is 0. The van der Waals surface area contributed by atoms with Crippen LogP contribution in [0.3, 0.4) is 0 Å². The summed E-state index contributed by atoms with van der Waals surface area (Å²) in [5.74, 6) is -0.958. The van der Waals surface area contributed by atoms with E-state index in [4.69, 9.17) is 14.2 Å². The van der Waals surface area contributed by atoms with Crippen LogP contribution in [0.5, 0.6) is 0 Å². The van der Waals surface area contributed by atoms with Gasteiger partial charge in [0.25, 0.3) is 0 Å². The van der Waals surface area contributed by atoms with Gasteiger partial charge in [-0.3, -0.25) is 14.4 Å². The van der Waals surface area contributed by atoms with Crippen LogP contribution in [-0.2, 0) is 28.6 Å². The van der Waals surface area contributed by atoms with Crippen molar-refractivity contribution in [2.24, 2.45) is 0 Å². The lowest BCUT2D eigenvalue weighted by Gasteiger charge is -2.18. The Morgan fingerprint density at radius 3 is 0.957 bits per heavy atom. The van der Waals surface area contributed by atoms with Crippen LogP contribution in [0.1, 0.15) is 252 Å².